The summed E-state index contributed by atoms with van der Waals surface area (Å²) >= 11 is 0.953. The minimum absolute atomic E-state index is 0.340. The molecule has 0 aromatic heterocycles. The normalized spacial score (nSPS) is 13.1. The lowest BCUT2D eigenvalue weighted by Crippen LogP contribution is -2.23. The summed E-state index contributed by atoms with van der Waals surface area (Å²) in [6.07, 6.45) is -4.49. The second-order valence-corrected chi connectivity index (χ2v) is 4.64. The highest BCUT2D eigenvalue weighted by molar-refractivity contribution is 7.99. The molecule has 1 atom stereocenters. The largest absolute Gasteiger partial charge is 0.405 e. The number of nitriles is 1. The zero-order valence-corrected chi connectivity index (χ0v) is 9.90. The van der Waals surface area contributed by atoms with E-state index in [1.165, 1.54) is 6.07 Å². The first kappa shape index (κ1) is 13.7. The van der Waals surface area contributed by atoms with E-state index in [0.717, 1.165) is 17.3 Å². The number of anilines is 1. The van der Waals surface area contributed by atoms with Crippen molar-refractivity contribution in [2.24, 2.45) is 5.92 Å². The van der Waals surface area contributed by atoms with Gasteiger partial charge in [0.2, 0.25) is 0 Å². The van der Waals surface area contributed by atoms with Gasteiger partial charge in [-0.15, -0.1) is 11.8 Å². The van der Waals surface area contributed by atoms with Crippen LogP contribution in [0.15, 0.2) is 23.1 Å². The fourth-order valence-corrected chi connectivity index (χ4v) is 2.26. The molecule has 0 aliphatic rings. The van der Waals surface area contributed by atoms with E-state index in [1.807, 2.05) is 6.92 Å². The summed E-state index contributed by atoms with van der Waals surface area (Å²) < 4.78 is 37.0. The fourth-order valence-electron chi connectivity index (χ4n) is 1.14. The zero-order valence-electron chi connectivity index (χ0n) is 9.08. The molecule has 1 unspecified atom stereocenters. The van der Waals surface area contributed by atoms with E-state index in [0.29, 0.717) is 10.6 Å². The van der Waals surface area contributed by atoms with Crippen molar-refractivity contribution >= 4 is 17.4 Å². The second kappa shape index (κ2) is 5.32. The molecule has 1 aromatic rings. The first-order chi connectivity index (χ1) is 7.84. The van der Waals surface area contributed by atoms with E-state index < -0.39 is 12.1 Å². The zero-order chi connectivity index (χ0) is 13.1. The highest BCUT2D eigenvalue weighted by Crippen LogP contribution is 2.33. The van der Waals surface area contributed by atoms with E-state index in [-0.39, 0.29) is 5.75 Å². The molecule has 0 spiro atoms. The van der Waals surface area contributed by atoms with Crippen LogP contribution in [0.2, 0.25) is 0 Å². The van der Waals surface area contributed by atoms with Crippen LogP contribution in [-0.2, 0) is 0 Å². The molecule has 0 aliphatic heterocycles. The second-order valence-electron chi connectivity index (χ2n) is 3.58. The number of halogens is 3. The molecular formula is C11H11F3N2S. The lowest BCUT2D eigenvalue weighted by molar-refractivity contribution is -0.152. The monoisotopic (exact) mass is 260 g/mol. The van der Waals surface area contributed by atoms with Crippen LogP contribution < -0.4 is 5.73 Å². The van der Waals surface area contributed by atoms with Gasteiger partial charge in [-0.05, 0) is 24.6 Å². The number of nitrogen functional groups attached to an aromatic ring is 1. The maximum absolute atomic E-state index is 12.3. The summed E-state index contributed by atoms with van der Waals surface area (Å²) in [6.45, 7) is 1.83. The number of benzene rings is 1. The third-order valence-electron chi connectivity index (χ3n) is 2.13. The SMILES string of the molecule is Cc1ccc(N)c(SCC(C#N)C(F)(F)F)c1. The molecule has 0 amide bonds. The number of nitrogens with zero attached hydrogens (tertiary/aromatic N) is 1. The molecule has 0 saturated carbocycles. The van der Waals surface area contributed by atoms with Crippen molar-refractivity contribution in [2.75, 3.05) is 11.5 Å². The van der Waals surface area contributed by atoms with Gasteiger partial charge in [0.15, 0.2) is 5.92 Å². The van der Waals surface area contributed by atoms with Crippen LogP contribution in [0.1, 0.15) is 5.56 Å². The van der Waals surface area contributed by atoms with E-state index in [4.69, 9.17) is 11.0 Å². The predicted octanol–water partition coefficient (Wildman–Crippen LogP) is 3.37. The van der Waals surface area contributed by atoms with Crippen molar-refractivity contribution in [3.05, 3.63) is 23.8 Å². The summed E-state index contributed by atoms with van der Waals surface area (Å²) in [6, 6.07) is 6.40. The maximum atomic E-state index is 12.3. The van der Waals surface area contributed by atoms with Gasteiger partial charge in [0, 0.05) is 16.3 Å². The fraction of sp³-hybridized carbons (Fsp3) is 0.364. The van der Waals surface area contributed by atoms with Gasteiger partial charge in [-0.1, -0.05) is 6.07 Å². The van der Waals surface area contributed by atoms with Crippen LogP contribution in [0.3, 0.4) is 0 Å². The smallest absolute Gasteiger partial charge is 0.398 e. The van der Waals surface area contributed by atoms with E-state index in [9.17, 15) is 13.2 Å². The Morgan fingerprint density at radius 2 is 2.12 bits per heavy atom. The molecule has 92 valence electrons. The van der Waals surface area contributed by atoms with Crippen molar-refractivity contribution in [2.45, 2.75) is 18.0 Å². The summed E-state index contributed by atoms with van der Waals surface area (Å²) in [7, 11) is 0. The van der Waals surface area contributed by atoms with Crippen LogP contribution in [0.4, 0.5) is 18.9 Å². The van der Waals surface area contributed by atoms with E-state index in [2.05, 4.69) is 0 Å². The lowest BCUT2D eigenvalue weighted by atomic mass is 10.2. The molecule has 0 radical (unpaired) electrons. The Morgan fingerprint density at radius 1 is 1.47 bits per heavy atom. The van der Waals surface area contributed by atoms with Gasteiger partial charge in [-0.25, -0.2) is 0 Å². The van der Waals surface area contributed by atoms with E-state index in [1.54, 1.807) is 18.2 Å². The average molecular weight is 260 g/mol. The number of hydrogen-bond acceptors (Lipinski definition) is 3. The molecule has 6 heteroatoms. The molecule has 0 bridgehead atoms. The highest BCUT2D eigenvalue weighted by Gasteiger charge is 2.39. The molecule has 0 aliphatic carbocycles. The highest BCUT2D eigenvalue weighted by atomic mass is 32.2. The van der Waals surface area contributed by atoms with Gasteiger partial charge < -0.3 is 5.73 Å². The molecule has 0 saturated heterocycles. The van der Waals surface area contributed by atoms with Crippen LogP contribution in [0.5, 0.6) is 0 Å². The third-order valence-corrected chi connectivity index (χ3v) is 3.29. The van der Waals surface area contributed by atoms with Crippen LogP contribution in [0, 0.1) is 24.2 Å². The summed E-state index contributed by atoms with van der Waals surface area (Å²) in [5.41, 5.74) is 6.99. The Bertz CT molecular complexity index is 437. The molecule has 0 fully saturated rings. The Morgan fingerprint density at radius 3 is 2.65 bits per heavy atom. The lowest BCUT2D eigenvalue weighted by Gasteiger charge is -2.13. The number of aryl methyl sites for hydroxylation is 1. The Labute approximate surface area is 102 Å². The van der Waals surface area contributed by atoms with Crippen molar-refractivity contribution in [3.63, 3.8) is 0 Å². The van der Waals surface area contributed by atoms with Crippen molar-refractivity contribution < 1.29 is 13.2 Å². The average Bonchev–Trinajstić information content (AvgIpc) is 2.22. The van der Waals surface area contributed by atoms with Gasteiger partial charge in [0.05, 0.1) is 6.07 Å². The first-order valence-corrected chi connectivity index (χ1v) is 5.78. The van der Waals surface area contributed by atoms with Crippen LogP contribution in [0.25, 0.3) is 0 Å². The quantitative estimate of drug-likeness (QED) is 0.669. The molecule has 1 aromatic carbocycles. The van der Waals surface area contributed by atoms with Gasteiger partial charge in [-0.2, -0.15) is 18.4 Å². The molecule has 1 rings (SSSR count). The summed E-state index contributed by atoms with van der Waals surface area (Å²) in [5.74, 6) is -2.30. The Kier molecular flexibility index (Phi) is 4.29. The third kappa shape index (κ3) is 3.86. The van der Waals surface area contributed by atoms with Gasteiger partial charge in [-0.3, -0.25) is 0 Å². The van der Waals surface area contributed by atoms with Crippen molar-refractivity contribution in [3.8, 4) is 6.07 Å². The molecule has 2 nitrogen and oxygen atoms in total. The number of hydrogen-bond donors (Lipinski definition) is 1. The number of alkyl halides is 3. The molecular weight excluding hydrogens is 249 g/mol. The van der Waals surface area contributed by atoms with Gasteiger partial charge in [0.25, 0.3) is 0 Å². The van der Waals surface area contributed by atoms with Gasteiger partial charge in [0.1, 0.15) is 0 Å². The topological polar surface area (TPSA) is 49.8 Å². The predicted molar refractivity (Wildman–Crippen MR) is 61.5 cm³/mol. The minimum atomic E-state index is -4.49. The van der Waals surface area contributed by atoms with E-state index >= 15 is 0 Å². The summed E-state index contributed by atoms with van der Waals surface area (Å²) in [4.78, 5) is 0.578. The van der Waals surface area contributed by atoms with Crippen molar-refractivity contribution in [1.82, 2.24) is 0 Å². The standard InChI is InChI=1S/C11H11F3N2S/c1-7-2-3-9(16)10(4-7)17-6-8(5-15)11(12,13)14/h2-4,8H,6,16H2,1H3. The van der Waals surface area contributed by atoms with Crippen LogP contribution >= 0.6 is 11.8 Å². The van der Waals surface area contributed by atoms with Gasteiger partial charge >= 0.3 is 6.18 Å². The number of rotatable bonds is 3. The first-order valence-electron chi connectivity index (χ1n) is 4.80. The Balaban J connectivity index is 2.73. The maximum Gasteiger partial charge on any atom is 0.405 e. The summed E-state index contributed by atoms with van der Waals surface area (Å²) in [5, 5.41) is 8.45. The van der Waals surface area contributed by atoms with Crippen LogP contribution in [-0.4, -0.2) is 11.9 Å². The molecule has 2 N–H and O–H groups in total. The van der Waals surface area contributed by atoms with Crippen molar-refractivity contribution in [1.29, 1.82) is 5.26 Å². The number of nitrogens with two attached hydrogens (primary N) is 1. The molecule has 0 heterocycles. The number of thioether (sulfide) groups is 1. The Hall–Kier alpha value is -1.35. The molecule has 17 heavy (non-hydrogen) atoms. The minimum Gasteiger partial charge on any atom is -0.398 e.